The number of nitrogens with one attached hydrogen (secondary N) is 1. The molecule has 1 aromatic heterocycles. The lowest BCUT2D eigenvalue weighted by molar-refractivity contribution is 0.0631. The number of hydrogen-bond donors (Lipinski definition) is 1. The van der Waals surface area contributed by atoms with Crippen LogP contribution in [0.4, 0.5) is 4.39 Å². The van der Waals surface area contributed by atoms with E-state index in [0.29, 0.717) is 17.8 Å². The third kappa shape index (κ3) is 2.72. The molecule has 1 N–H and O–H groups in total. The molecule has 0 radical (unpaired) electrons. The Morgan fingerprint density at radius 3 is 2.88 bits per heavy atom. The van der Waals surface area contributed by atoms with Gasteiger partial charge in [-0.1, -0.05) is 11.3 Å². The molecule has 1 unspecified atom stereocenters. The maximum atomic E-state index is 13.3. The van der Waals surface area contributed by atoms with E-state index in [9.17, 15) is 9.18 Å². The molecular weight excluding hydrogens is 321 g/mol. The Hall–Kier alpha value is -2.28. The quantitative estimate of drug-likeness (QED) is 0.922. The molecule has 2 fully saturated rings. The first-order valence-corrected chi connectivity index (χ1v) is 8.92. The van der Waals surface area contributed by atoms with Crippen molar-refractivity contribution in [2.24, 2.45) is 0 Å². The smallest absolute Gasteiger partial charge is 0.273 e. The first kappa shape index (κ1) is 15.0. The molecule has 25 heavy (non-hydrogen) atoms. The Morgan fingerprint density at radius 1 is 1.24 bits per heavy atom. The molecule has 2 heterocycles. The Kier molecular flexibility index (Phi) is 3.38. The van der Waals surface area contributed by atoms with Crippen LogP contribution in [0.2, 0.25) is 0 Å². The minimum Gasteiger partial charge on any atom is -0.345 e. The van der Waals surface area contributed by atoms with Crippen molar-refractivity contribution in [2.75, 3.05) is 13.1 Å². The zero-order valence-corrected chi connectivity index (χ0v) is 13.9. The first-order chi connectivity index (χ1) is 12.2. The number of amides is 1. The van der Waals surface area contributed by atoms with Crippen molar-refractivity contribution in [3.05, 3.63) is 47.0 Å². The molecule has 1 atom stereocenters. The molecule has 1 amide bonds. The van der Waals surface area contributed by atoms with Gasteiger partial charge in [-0.05, 0) is 48.9 Å². The average molecular weight is 341 g/mol. The van der Waals surface area contributed by atoms with E-state index in [1.165, 1.54) is 5.56 Å². The number of carbonyl (C=O) groups excluding carboxylic acids is 1. The van der Waals surface area contributed by atoms with Crippen LogP contribution in [0.15, 0.2) is 24.4 Å². The van der Waals surface area contributed by atoms with Crippen molar-refractivity contribution in [2.45, 2.75) is 43.8 Å². The van der Waals surface area contributed by atoms with E-state index < -0.39 is 0 Å². The Labute approximate surface area is 145 Å². The third-order valence-electron chi connectivity index (χ3n) is 5.50. The van der Waals surface area contributed by atoms with Crippen molar-refractivity contribution < 1.29 is 9.18 Å². The SMILES string of the molecule is O=C(NC1CN(C2CCc3cc(F)ccc32)C1)c1cn(C2CC2)nn1. The molecule has 2 aromatic rings. The van der Waals surface area contributed by atoms with E-state index in [4.69, 9.17) is 0 Å². The number of aromatic nitrogens is 3. The summed E-state index contributed by atoms with van der Waals surface area (Å²) in [4.78, 5) is 14.6. The van der Waals surface area contributed by atoms with Crippen LogP contribution in [0.1, 0.15) is 53.0 Å². The predicted molar refractivity (Wildman–Crippen MR) is 88.6 cm³/mol. The van der Waals surface area contributed by atoms with Crippen LogP contribution in [0.5, 0.6) is 0 Å². The fourth-order valence-electron chi connectivity index (χ4n) is 3.96. The fraction of sp³-hybridized carbons (Fsp3) is 0.500. The van der Waals surface area contributed by atoms with Gasteiger partial charge in [-0.15, -0.1) is 5.10 Å². The lowest BCUT2D eigenvalue weighted by atomic mass is 10.0. The minimum atomic E-state index is -0.160. The van der Waals surface area contributed by atoms with E-state index in [0.717, 1.165) is 44.3 Å². The van der Waals surface area contributed by atoms with E-state index in [1.807, 2.05) is 6.07 Å². The van der Waals surface area contributed by atoms with E-state index in [1.54, 1.807) is 23.0 Å². The zero-order chi connectivity index (χ0) is 17.0. The molecule has 1 saturated heterocycles. The van der Waals surface area contributed by atoms with Crippen LogP contribution < -0.4 is 5.32 Å². The summed E-state index contributed by atoms with van der Waals surface area (Å²) in [5.74, 6) is -0.308. The molecule has 0 bridgehead atoms. The monoisotopic (exact) mass is 341 g/mol. The van der Waals surface area contributed by atoms with Crippen LogP contribution in [-0.4, -0.2) is 44.9 Å². The van der Waals surface area contributed by atoms with Crippen LogP contribution in [0, 0.1) is 5.82 Å². The molecule has 130 valence electrons. The predicted octanol–water partition coefficient (Wildman–Crippen LogP) is 1.85. The van der Waals surface area contributed by atoms with Gasteiger partial charge in [0.05, 0.1) is 18.3 Å². The van der Waals surface area contributed by atoms with E-state index in [2.05, 4.69) is 20.5 Å². The minimum absolute atomic E-state index is 0.142. The van der Waals surface area contributed by atoms with Crippen LogP contribution in [0.25, 0.3) is 0 Å². The van der Waals surface area contributed by atoms with Crippen molar-refractivity contribution >= 4 is 5.91 Å². The van der Waals surface area contributed by atoms with Gasteiger partial charge in [0.2, 0.25) is 0 Å². The number of hydrogen-bond acceptors (Lipinski definition) is 4. The maximum absolute atomic E-state index is 13.3. The number of nitrogens with zero attached hydrogens (tertiary/aromatic N) is 4. The second kappa shape index (κ2) is 5.62. The molecule has 2 aliphatic carbocycles. The normalized spacial score (nSPS) is 23.3. The lowest BCUT2D eigenvalue weighted by Gasteiger charge is -2.43. The van der Waals surface area contributed by atoms with Crippen molar-refractivity contribution in [3.8, 4) is 0 Å². The molecule has 0 spiro atoms. The molecule has 7 heteroatoms. The van der Waals surface area contributed by atoms with Crippen molar-refractivity contribution in [3.63, 3.8) is 0 Å². The summed E-state index contributed by atoms with van der Waals surface area (Å²) >= 11 is 0. The third-order valence-corrected chi connectivity index (χ3v) is 5.50. The number of fused-ring (bicyclic) bond motifs is 1. The number of carbonyl (C=O) groups is 1. The molecule has 3 aliphatic rings. The number of halogens is 1. The molecular formula is C18H20FN5O. The van der Waals surface area contributed by atoms with Gasteiger partial charge >= 0.3 is 0 Å². The van der Waals surface area contributed by atoms with Gasteiger partial charge in [0.25, 0.3) is 5.91 Å². The number of rotatable bonds is 4. The summed E-state index contributed by atoms with van der Waals surface area (Å²) < 4.78 is 15.1. The van der Waals surface area contributed by atoms with Crippen LogP contribution >= 0.6 is 0 Å². The second-order valence-corrected chi connectivity index (χ2v) is 7.34. The van der Waals surface area contributed by atoms with E-state index >= 15 is 0 Å². The van der Waals surface area contributed by atoms with Crippen molar-refractivity contribution in [1.82, 2.24) is 25.2 Å². The van der Waals surface area contributed by atoms with Gasteiger partial charge in [-0.3, -0.25) is 9.69 Å². The van der Waals surface area contributed by atoms with Gasteiger partial charge in [-0.2, -0.15) is 0 Å². The van der Waals surface area contributed by atoms with Crippen LogP contribution in [0.3, 0.4) is 0 Å². The Bertz CT molecular complexity index is 825. The highest BCUT2D eigenvalue weighted by molar-refractivity contribution is 5.92. The Morgan fingerprint density at radius 2 is 2.08 bits per heavy atom. The van der Waals surface area contributed by atoms with Crippen LogP contribution in [-0.2, 0) is 6.42 Å². The lowest BCUT2D eigenvalue weighted by Crippen LogP contribution is -2.59. The van der Waals surface area contributed by atoms with Gasteiger partial charge in [0.1, 0.15) is 5.82 Å². The zero-order valence-electron chi connectivity index (χ0n) is 13.9. The number of aryl methyl sites for hydroxylation is 1. The van der Waals surface area contributed by atoms with Gasteiger partial charge < -0.3 is 5.32 Å². The summed E-state index contributed by atoms with van der Waals surface area (Å²) in [5, 5.41) is 11.0. The molecule has 6 nitrogen and oxygen atoms in total. The number of benzene rings is 1. The van der Waals surface area contributed by atoms with Gasteiger partial charge in [0, 0.05) is 19.1 Å². The summed E-state index contributed by atoms with van der Waals surface area (Å²) in [6, 6.07) is 6.02. The molecule has 1 aromatic carbocycles. The standard InChI is InChI=1S/C18H20FN5O/c19-12-2-5-15-11(7-12)1-6-17(15)23-8-13(9-23)20-18(25)16-10-24(22-21-16)14-3-4-14/h2,5,7,10,13-14,17H,1,3-4,6,8-9H2,(H,20,25). The Balaban J connectivity index is 1.18. The molecule has 1 aliphatic heterocycles. The first-order valence-electron chi connectivity index (χ1n) is 8.92. The van der Waals surface area contributed by atoms with E-state index in [-0.39, 0.29) is 17.8 Å². The van der Waals surface area contributed by atoms with Gasteiger partial charge in [-0.25, -0.2) is 9.07 Å². The second-order valence-electron chi connectivity index (χ2n) is 7.34. The summed E-state index contributed by atoms with van der Waals surface area (Å²) in [5.41, 5.74) is 2.75. The molecule has 5 rings (SSSR count). The summed E-state index contributed by atoms with van der Waals surface area (Å²) in [6.07, 6.45) is 5.93. The maximum Gasteiger partial charge on any atom is 0.273 e. The summed E-state index contributed by atoms with van der Waals surface area (Å²) in [6.45, 7) is 1.65. The highest BCUT2D eigenvalue weighted by Gasteiger charge is 2.37. The highest BCUT2D eigenvalue weighted by atomic mass is 19.1. The van der Waals surface area contributed by atoms with Gasteiger partial charge in [0.15, 0.2) is 5.69 Å². The molecule has 1 saturated carbocycles. The van der Waals surface area contributed by atoms with Crippen molar-refractivity contribution in [1.29, 1.82) is 0 Å². The average Bonchev–Trinajstić information content (AvgIpc) is 3.15. The highest BCUT2D eigenvalue weighted by Crippen LogP contribution is 2.38. The summed E-state index contributed by atoms with van der Waals surface area (Å²) in [7, 11) is 0. The fourth-order valence-corrected chi connectivity index (χ4v) is 3.96. The topological polar surface area (TPSA) is 63.1 Å². The largest absolute Gasteiger partial charge is 0.345 e. The number of likely N-dealkylation sites (tertiary alicyclic amines) is 1.